The molecule has 0 aromatic heterocycles. The zero-order valence-electron chi connectivity index (χ0n) is 13.0. The van der Waals surface area contributed by atoms with Gasteiger partial charge in [-0.2, -0.15) is 0 Å². The molecule has 2 N–H and O–H groups in total. The van der Waals surface area contributed by atoms with Gasteiger partial charge < -0.3 is 15.2 Å². The number of aryl methyl sites for hydroxylation is 1. The second-order valence-electron chi connectivity index (χ2n) is 5.98. The lowest BCUT2D eigenvalue weighted by atomic mass is 9.85. The van der Waals surface area contributed by atoms with Crippen LogP contribution in [0.25, 0.3) is 0 Å². The summed E-state index contributed by atoms with van der Waals surface area (Å²) in [6.45, 7) is 5.58. The predicted molar refractivity (Wildman–Crippen MR) is 82.1 cm³/mol. The van der Waals surface area contributed by atoms with Gasteiger partial charge in [0.2, 0.25) is 0 Å². The lowest BCUT2D eigenvalue weighted by molar-refractivity contribution is 0.111. The first-order valence-electron chi connectivity index (χ1n) is 7.86. The van der Waals surface area contributed by atoms with Crippen molar-refractivity contribution in [1.82, 2.24) is 5.32 Å². The van der Waals surface area contributed by atoms with Gasteiger partial charge in [-0.1, -0.05) is 19.4 Å². The van der Waals surface area contributed by atoms with Crippen LogP contribution in [0.15, 0.2) is 18.2 Å². The molecule has 4 heteroatoms. The molecule has 0 saturated heterocycles. The van der Waals surface area contributed by atoms with E-state index in [0.29, 0.717) is 18.3 Å². The quantitative estimate of drug-likeness (QED) is 0.812. The highest BCUT2D eigenvalue weighted by Gasteiger charge is 2.41. The van der Waals surface area contributed by atoms with Crippen LogP contribution in [0.3, 0.4) is 0 Å². The van der Waals surface area contributed by atoms with Crippen LogP contribution < -0.4 is 10.1 Å². The molecule has 0 heterocycles. The Morgan fingerprint density at radius 3 is 3.00 bits per heavy atom. The Hall–Kier alpha value is -1.13. The van der Waals surface area contributed by atoms with Gasteiger partial charge >= 0.3 is 0 Å². The molecule has 118 valence electrons. The summed E-state index contributed by atoms with van der Waals surface area (Å²) in [7, 11) is 0. The van der Waals surface area contributed by atoms with Gasteiger partial charge in [-0.25, -0.2) is 4.39 Å². The standard InChI is InChI=1S/C17H26FNO2/c1-3-19-17(12-20)9-4-5-14(17)8-10-21-16-11-15(18)7-6-13(16)2/h6-7,11,14,19-20H,3-5,8-10,12H2,1-2H3. The second kappa shape index (κ2) is 7.23. The molecule has 1 aromatic rings. The molecule has 0 amide bonds. The first-order valence-corrected chi connectivity index (χ1v) is 7.86. The molecule has 1 fully saturated rings. The van der Waals surface area contributed by atoms with E-state index >= 15 is 0 Å². The number of aliphatic hydroxyl groups excluding tert-OH is 1. The molecule has 0 spiro atoms. The first kappa shape index (κ1) is 16.2. The summed E-state index contributed by atoms with van der Waals surface area (Å²) in [4.78, 5) is 0. The van der Waals surface area contributed by atoms with E-state index in [1.807, 2.05) is 6.92 Å². The third-order valence-corrected chi connectivity index (χ3v) is 4.64. The van der Waals surface area contributed by atoms with Crippen LogP contribution in [0.1, 0.15) is 38.2 Å². The number of aliphatic hydroxyl groups is 1. The molecule has 3 nitrogen and oxygen atoms in total. The van der Waals surface area contributed by atoms with Crippen molar-refractivity contribution in [2.75, 3.05) is 19.8 Å². The molecule has 0 bridgehead atoms. The Morgan fingerprint density at radius 2 is 2.29 bits per heavy atom. The highest BCUT2D eigenvalue weighted by Crippen LogP contribution is 2.37. The van der Waals surface area contributed by atoms with Crippen molar-refractivity contribution in [3.63, 3.8) is 0 Å². The SMILES string of the molecule is CCNC1(CO)CCCC1CCOc1cc(F)ccc1C. The van der Waals surface area contributed by atoms with Crippen LogP contribution in [0, 0.1) is 18.7 Å². The maximum atomic E-state index is 13.2. The van der Waals surface area contributed by atoms with Crippen molar-refractivity contribution in [3.05, 3.63) is 29.6 Å². The smallest absolute Gasteiger partial charge is 0.126 e. The topological polar surface area (TPSA) is 41.5 Å². The van der Waals surface area contributed by atoms with Crippen LogP contribution in [0.4, 0.5) is 4.39 Å². The largest absolute Gasteiger partial charge is 0.493 e. The molecule has 2 unspecified atom stereocenters. The number of likely N-dealkylation sites (N-methyl/N-ethyl adjacent to an activating group) is 1. The number of rotatable bonds is 7. The second-order valence-corrected chi connectivity index (χ2v) is 5.98. The van der Waals surface area contributed by atoms with Gasteiger partial charge in [0, 0.05) is 11.6 Å². The van der Waals surface area contributed by atoms with Crippen LogP contribution in [0.2, 0.25) is 0 Å². The van der Waals surface area contributed by atoms with Crippen LogP contribution in [-0.2, 0) is 0 Å². The fourth-order valence-electron chi connectivity index (χ4n) is 3.45. The van der Waals surface area contributed by atoms with Gasteiger partial charge in [0.1, 0.15) is 11.6 Å². The number of nitrogens with one attached hydrogen (secondary N) is 1. The molecule has 1 aliphatic rings. The zero-order chi connectivity index (χ0) is 15.3. The van der Waals surface area contributed by atoms with E-state index in [9.17, 15) is 9.50 Å². The van der Waals surface area contributed by atoms with E-state index in [0.717, 1.165) is 37.8 Å². The summed E-state index contributed by atoms with van der Waals surface area (Å²) in [5, 5.41) is 13.2. The zero-order valence-corrected chi connectivity index (χ0v) is 13.0. The molecular formula is C17H26FNO2. The molecule has 2 rings (SSSR count). The van der Waals surface area contributed by atoms with E-state index in [1.54, 1.807) is 6.07 Å². The van der Waals surface area contributed by atoms with Crippen LogP contribution in [0.5, 0.6) is 5.75 Å². The molecule has 1 saturated carbocycles. The Morgan fingerprint density at radius 1 is 1.48 bits per heavy atom. The number of hydrogen-bond acceptors (Lipinski definition) is 3. The van der Waals surface area contributed by atoms with E-state index in [-0.39, 0.29) is 18.0 Å². The summed E-state index contributed by atoms with van der Waals surface area (Å²) in [6, 6.07) is 4.62. The molecule has 1 aliphatic carbocycles. The van der Waals surface area contributed by atoms with Gasteiger partial charge in [0.05, 0.1) is 13.2 Å². The normalized spacial score (nSPS) is 25.2. The molecule has 0 radical (unpaired) electrons. The van der Waals surface area contributed by atoms with Crippen molar-refractivity contribution >= 4 is 0 Å². The highest BCUT2D eigenvalue weighted by molar-refractivity contribution is 5.32. The lowest BCUT2D eigenvalue weighted by Gasteiger charge is -2.35. The summed E-state index contributed by atoms with van der Waals surface area (Å²) < 4.78 is 19.0. The fourth-order valence-corrected chi connectivity index (χ4v) is 3.45. The minimum Gasteiger partial charge on any atom is -0.493 e. The first-order chi connectivity index (χ1) is 10.1. The van der Waals surface area contributed by atoms with Crippen molar-refractivity contribution < 1.29 is 14.2 Å². The van der Waals surface area contributed by atoms with E-state index in [4.69, 9.17) is 4.74 Å². The average Bonchev–Trinajstić information content (AvgIpc) is 2.86. The number of ether oxygens (including phenoxy) is 1. The number of halogens is 1. The van der Waals surface area contributed by atoms with Crippen LogP contribution >= 0.6 is 0 Å². The van der Waals surface area contributed by atoms with Gasteiger partial charge in [0.15, 0.2) is 0 Å². The van der Waals surface area contributed by atoms with Crippen molar-refractivity contribution in [2.24, 2.45) is 5.92 Å². The van der Waals surface area contributed by atoms with Gasteiger partial charge in [-0.3, -0.25) is 0 Å². The van der Waals surface area contributed by atoms with Gasteiger partial charge in [-0.15, -0.1) is 0 Å². The third-order valence-electron chi connectivity index (χ3n) is 4.64. The van der Waals surface area contributed by atoms with Gasteiger partial charge in [-0.05, 0) is 50.3 Å². The minimum atomic E-state index is -0.270. The maximum absolute atomic E-state index is 13.2. The molecule has 1 aromatic carbocycles. The molecule has 2 atom stereocenters. The highest BCUT2D eigenvalue weighted by atomic mass is 19.1. The lowest BCUT2D eigenvalue weighted by Crippen LogP contribution is -2.51. The Labute approximate surface area is 126 Å². The predicted octanol–water partition coefficient (Wildman–Crippen LogP) is 3.04. The number of benzene rings is 1. The van der Waals surface area contributed by atoms with Crippen LogP contribution in [-0.4, -0.2) is 30.4 Å². The molecule has 21 heavy (non-hydrogen) atoms. The maximum Gasteiger partial charge on any atom is 0.126 e. The minimum absolute atomic E-state index is 0.158. The Kier molecular flexibility index (Phi) is 5.59. The molecule has 0 aliphatic heterocycles. The van der Waals surface area contributed by atoms with E-state index in [1.165, 1.54) is 12.1 Å². The third kappa shape index (κ3) is 3.74. The van der Waals surface area contributed by atoms with Gasteiger partial charge in [0.25, 0.3) is 0 Å². The number of hydrogen-bond donors (Lipinski definition) is 2. The van der Waals surface area contributed by atoms with Crippen molar-refractivity contribution in [3.8, 4) is 5.75 Å². The Balaban J connectivity index is 1.91. The monoisotopic (exact) mass is 295 g/mol. The van der Waals surface area contributed by atoms with Crippen molar-refractivity contribution in [2.45, 2.75) is 45.1 Å². The summed E-state index contributed by atoms with van der Waals surface area (Å²) >= 11 is 0. The average molecular weight is 295 g/mol. The molecular weight excluding hydrogens is 269 g/mol. The Bertz CT molecular complexity index is 466. The summed E-state index contributed by atoms with van der Waals surface area (Å²) in [6.07, 6.45) is 4.14. The van der Waals surface area contributed by atoms with E-state index < -0.39 is 0 Å². The van der Waals surface area contributed by atoms with E-state index in [2.05, 4.69) is 12.2 Å². The fraction of sp³-hybridized carbons (Fsp3) is 0.647. The van der Waals surface area contributed by atoms with Crippen molar-refractivity contribution in [1.29, 1.82) is 0 Å². The summed E-state index contributed by atoms with van der Waals surface area (Å²) in [5.74, 6) is 0.760. The summed E-state index contributed by atoms with van der Waals surface area (Å²) in [5.41, 5.74) is 0.790.